The fraction of sp³-hybridized carbons (Fsp3) is 0.846. The lowest BCUT2D eigenvalue weighted by Gasteiger charge is -2.23. The van der Waals surface area contributed by atoms with Gasteiger partial charge in [-0.05, 0) is 39.0 Å². The second-order valence-electron chi connectivity index (χ2n) is 6.18. The Morgan fingerprint density at radius 2 is 1.78 bits per heavy atom. The summed E-state index contributed by atoms with van der Waals surface area (Å²) in [4.78, 5) is 22.3. The molecule has 0 radical (unpaired) electrons. The van der Waals surface area contributed by atoms with Crippen LogP contribution in [0.5, 0.6) is 0 Å². The first kappa shape index (κ1) is 16.7. The van der Waals surface area contributed by atoms with Crippen LogP contribution < -0.4 is 10.6 Å². The number of urea groups is 1. The molecule has 0 aromatic carbocycles. The summed E-state index contributed by atoms with van der Waals surface area (Å²) >= 11 is 0. The Balaban J connectivity index is 4.17. The van der Waals surface area contributed by atoms with Gasteiger partial charge in [-0.25, -0.2) is 4.79 Å². The molecule has 5 heteroatoms. The standard InChI is InChI=1S/C13H26N2O3/c1-9(2)6-10(7-11(16)17)8-14-12(18)15-13(3,4)5/h9-10H,6-8H2,1-5H3,(H,16,17)(H2,14,15,18)/t10-/m0/s1. The van der Waals surface area contributed by atoms with E-state index >= 15 is 0 Å². The zero-order valence-corrected chi connectivity index (χ0v) is 12.0. The first-order chi connectivity index (χ1) is 8.10. The minimum absolute atomic E-state index is 0.0202. The maximum Gasteiger partial charge on any atom is 0.315 e. The summed E-state index contributed by atoms with van der Waals surface area (Å²) in [7, 11) is 0. The Morgan fingerprint density at radius 1 is 1.22 bits per heavy atom. The summed E-state index contributed by atoms with van der Waals surface area (Å²) in [6.45, 7) is 10.2. The lowest BCUT2D eigenvalue weighted by molar-refractivity contribution is -0.138. The molecule has 0 rings (SSSR count). The van der Waals surface area contributed by atoms with Crippen LogP contribution in [0.3, 0.4) is 0 Å². The normalized spacial score (nSPS) is 13.2. The molecule has 106 valence electrons. The van der Waals surface area contributed by atoms with Crippen LogP contribution in [0.15, 0.2) is 0 Å². The fourth-order valence-electron chi connectivity index (χ4n) is 1.77. The number of aliphatic carboxylic acids is 1. The number of amides is 2. The Morgan fingerprint density at radius 3 is 2.17 bits per heavy atom. The third kappa shape index (κ3) is 9.93. The first-order valence-corrected chi connectivity index (χ1v) is 6.38. The van der Waals surface area contributed by atoms with E-state index in [2.05, 4.69) is 10.6 Å². The highest BCUT2D eigenvalue weighted by atomic mass is 16.4. The molecule has 0 aromatic rings. The van der Waals surface area contributed by atoms with E-state index < -0.39 is 5.97 Å². The van der Waals surface area contributed by atoms with Crippen LogP contribution in [-0.2, 0) is 4.79 Å². The quantitative estimate of drug-likeness (QED) is 0.683. The van der Waals surface area contributed by atoms with Crippen LogP contribution in [0, 0.1) is 11.8 Å². The molecule has 0 saturated carbocycles. The van der Waals surface area contributed by atoms with Gasteiger partial charge in [0.25, 0.3) is 0 Å². The average Bonchev–Trinajstić information content (AvgIpc) is 2.09. The lowest BCUT2D eigenvalue weighted by Crippen LogP contribution is -2.47. The second-order valence-corrected chi connectivity index (χ2v) is 6.18. The smallest absolute Gasteiger partial charge is 0.315 e. The monoisotopic (exact) mass is 258 g/mol. The Kier molecular flexibility index (Phi) is 6.73. The van der Waals surface area contributed by atoms with Crippen LogP contribution in [0.25, 0.3) is 0 Å². The Labute approximate surface area is 109 Å². The van der Waals surface area contributed by atoms with Gasteiger partial charge in [-0.3, -0.25) is 4.79 Å². The molecular weight excluding hydrogens is 232 g/mol. The van der Waals surface area contributed by atoms with Crippen molar-refractivity contribution in [1.82, 2.24) is 10.6 Å². The maximum absolute atomic E-state index is 11.6. The summed E-state index contributed by atoms with van der Waals surface area (Å²) in [5.74, 6) is -0.422. The van der Waals surface area contributed by atoms with Gasteiger partial charge in [-0.1, -0.05) is 13.8 Å². The van der Waals surface area contributed by atoms with Gasteiger partial charge in [0.1, 0.15) is 0 Å². The molecule has 2 amide bonds. The Bertz CT molecular complexity index is 282. The van der Waals surface area contributed by atoms with Crippen LogP contribution in [0.1, 0.15) is 47.5 Å². The minimum Gasteiger partial charge on any atom is -0.481 e. The van der Waals surface area contributed by atoms with Crippen molar-refractivity contribution in [3.8, 4) is 0 Å². The SMILES string of the molecule is CC(C)C[C@H](CNC(=O)NC(C)(C)C)CC(=O)O. The van der Waals surface area contributed by atoms with Crippen molar-refractivity contribution in [2.45, 2.75) is 53.0 Å². The first-order valence-electron chi connectivity index (χ1n) is 6.38. The van der Waals surface area contributed by atoms with E-state index in [-0.39, 0.29) is 23.9 Å². The predicted octanol–water partition coefficient (Wildman–Crippen LogP) is 2.22. The number of hydrogen-bond acceptors (Lipinski definition) is 2. The zero-order chi connectivity index (χ0) is 14.3. The van der Waals surface area contributed by atoms with Gasteiger partial charge in [0.05, 0.1) is 0 Å². The molecule has 0 aliphatic rings. The van der Waals surface area contributed by atoms with Crippen molar-refractivity contribution in [3.05, 3.63) is 0 Å². The molecule has 0 heterocycles. The number of nitrogens with one attached hydrogen (secondary N) is 2. The number of carboxylic acids is 1. The molecule has 0 aromatic heterocycles. The van der Waals surface area contributed by atoms with E-state index in [0.29, 0.717) is 12.5 Å². The zero-order valence-electron chi connectivity index (χ0n) is 12.0. The van der Waals surface area contributed by atoms with Gasteiger partial charge in [-0.15, -0.1) is 0 Å². The van der Waals surface area contributed by atoms with Crippen molar-refractivity contribution in [1.29, 1.82) is 0 Å². The molecular formula is C13H26N2O3. The highest BCUT2D eigenvalue weighted by Gasteiger charge is 2.18. The van der Waals surface area contributed by atoms with E-state index in [0.717, 1.165) is 6.42 Å². The number of carbonyl (C=O) groups excluding carboxylic acids is 1. The highest BCUT2D eigenvalue weighted by Crippen LogP contribution is 2.14. The van der Waals surface area contributed by atoms with Gasteiger partial charge in [-0.2, -0.15) is 0 Å². The molecule has 0 aliphatic heterocycles. The molecule has 0 saturated heterocycles. The van der Waals surface area contributed by atoms with E-state index in [1.807, 2.05) is 34.6 Å². The van der Waals surface area contributed by atoms with E-state index in [9.17, 15) is 9.59 Å². The molecule has 0 unspecified atom stereocenters. The van der Waals surface area contributed by atoms with Gasteiger partial charge in [0, 0.05) is 18.5 Å². The Hall–Kier alpha value is -1.26. The minimum atomic E-state index is -0.821. The van der Waals surface area contributed by atoms with Gasteiger partial charge < -0.3 is 15.7 Å². The predicted molar refractivity (Wildman–Crippen MR) is 71.5 cm³/mol. The van der Waals surface area contributed by atoms with Crippen LogP contribution in [0.4, 0.5) is 4.79 Å². The molecule has 5 nitrogen and oxygen atoms in total. The fourth-order valence-corrected chi connectivity index (χ4v) is 1.77. The molecule has 3 N–H and O–H groups in total. The van der Waals surface area contributed by atoms with Crippen molar-refractivity contribution < 1.29 is 14.7 Å². The number of carboxylic acid groups (broad SMARTS) is 1. The summed E-state index contributed by atoms with van der Waals surface area (Å²) in [5, 5.41) is 14.3. The van der Waals surface area contributed by atoms with E-state index in [1.165, 1.54) is 0 Å². The number of carbonyl (C=O) groups is 2. The van der Waals surface area contributed by atoms with Crippen molar-refractivity contribution in [3.63, 3.8) is 0 Å². The van der Waals surface area contributed by atoms with Gasteiger partial charge >= 0.3 is 12.0 Å². The van der Waals surface area contributed by atoms with Crippen LogP contribution >= 0.6 is 0 Å². The molecule has 0 bridgehead atoms. The van der Waals surface area contributed by atoms with Crippen molar-refractivity contribution >= 4 is 12.0 Å². The highest BCUT2D eigenvalue weighted by molar-refractivity contribution is 5.74. The van der Waals surface area contributed by atoms with E-state index in [1.54, 1.807) is 0 Å². The molecule has 0 fully saturated rings. The van der Waals surface area contributed by atoms with E-state index in [4.69, 9.17) is 5.11 Å². The summed E-state index contributed by atoms with van der Waals surface area (Å²) < 4.78 is 0. The summed E-state index contributed by atoms with van der Waals surface area (Å²) in [6.07, 6.45) is 0.885. The second kappa shape index (κ2) is 7.24. The lowest BCUT2D eigenvalue weighted by atomic mass is 9.94. The molecule has 1 atom stereocenters. The van der Waals surface area contributed by atoms with Crippen LogP contribution in [-0.4, -0.2) is 29.2 Å². The third-order valence-corrected chi connectivity index (χ3v) is 2.31. The maximum atomic E-state index is 11.6. The van der Waals surface area contributed by atoms with Crippen molar-refractivity contribution in [2.75, 3.05) is 6.54 Å². The average molecular weight is 258 g/mol. The number of hydrogen-bond donors (Lipinski definition) is 3. The van der Waals surface area contributed by atoms with Gasteiger partial charge in [0.15, 0.2) is 0 Å². The largest absolute Gasteiger partial charge is 0.481 e. The summed E-state index contributed by atoms with van der Waals surface area (Å²) in [6, 6.07) is -0.248. The number of rotatable bonds is 6. The van der Waals surface area contributed by atoms with Gasteiger partial charge in [0.2, 0.25) is 0 Å². The topological polar surface area (TPSA) is 78.4 Å². The van der Waals surface area contributed by atoms with Crippen molar-refractivity contribution in [2.24, 2.45) is 11.8 Å². The molecule has 0 aliphatic carbocycles. The third-order valence-electron chi connectivity index (χ3n) is 2.31. The van der Waals surface area contributed by atoms with Crippen LogP contribution in [0.2, 0.25) is 0 Å². The molecule has 18 heavy (non-hydrogen) atoms. The molecule has 0 spiro atoms. The summed E-state index contributed by atoms with van der Waals surface area (Å²) in [5.41, 5.74) is -0.287.